The van der Waals surface area contributed by atoms with E-state index in [2.05, 4.69) is 0 Å². The maximum atomic E-state index is 11.9. The Kier molecular flexibility index (Phi) is 4.60. The minimum atomic E-state index is -0.439. The van der Waals surface area contributed by atoms with Gasteiger partial charge in [-0.2, -0.15) is 0 Å². The second-order valence-corrected chi connectivity index (χ2v) is 2.89. The second-order valence-electron chi connectivity index (χ2n) is 2.89. The Bertz CT molecular complexity index is 326. The van der Waals surface area contributed by atoms with Crippen molar-refractivity contribution < 1.29 is 18.7 Å². The molecule has 0 bridgehead atoms. The predicted octanol–water partition coefficient (Wildman–Crippen LogP) is 2.25. The quantitative estimate of drug-likeness (QED) is 0.536. The van der Waals surface area contributed by atoms with Crippen LogP contribution < -0.4 is 9.47 Å². The number of alkyl halides is 1. The van der Waals surface area contributed by atoms with E-state index in [9.17, 15) is 9.18 Å². The van der Waals surface area contributed by atoms with Crippen LogP contribution in [0.25, 0.3) is 0 Å². The SMILES string of the molecule is COc1cccc(C=O)c1OCCCF. The Morgan fingerprint density at radius 1 is 1.47 bits per heavy atom. The zero-order valence-electron chi connectivity index (χ0n) is 8.53. The van der Waals surface area contributed by atoms with Crippen molar-refractivity contribution >= 4 is 6.29 Å². The molecule has 0 saturated carbocycles. The summed E-state index contributed by atoms with van der Waals surface area (Å²) in [6.45, 7) is -0.205. The largest absolute Gasteiger partial charge is 0.493 e. The van der Waals surface area contributed by atoms with Crippen molar-refractivity contribution in [3.63, 3.8) is 0 Å². The molecule has 82 valence electrons. The van der Waals surface area contributed by atoms with Gasteiger partial charge in [-0.05, 0) is 12.1 Å². The van der Waals surface area contributed by atoms with Gasteiger partial charge in [0.15, 0.2) is 17.8 Å². The third-order valence-electron chi connectivity index (χ3n) is 1.88. The average Bonchev–Trinajstić information content (AvgIpc) is 2.29. The van der Waals surface area contributed by atoms with Crippen molar-refractivity contribution in [2.75, 3.05) is 20.4 Å². The van der Waals surface area contributed by atoms with Gasteiger partial charge in [0.1, 0.15) is 0 Å². The number of para-hydroxylation sites is 1. The van der Waals surface area contributed by atoms with Crippen LogP contribution >= 0.6 is 0 Å². The van der Waals surface area contributed by atoms with Gasteiger partial charge in [0.25, 0.3) is 0 Å². The first-order chi connectivity index (χ1) is 7.33. The van der Waals surface area contributed by atoms with E-state index in [1.165, 1.54) is 7.11 Å². The van der Waals surface area contributed by atoms with Crippen molar-refractivity contribution in [2.24, 2.45) is 0 Å². The van der Waals surface area contributed by atoms with Crippen LogP contribution in [0.1, 0.15) is 16.8 Å². The summed E-state index contributed by atoms with van der Waals surface area (Å²) in [5.74, 6) is 0.863. The van der Waals surface area contributed by atoms with Crippen molar-refractivity contribution in [3.05, 3.63) is 23.8 Å². The van der Waals surface area contributed by atoms with Gasteiger partial charge in [0, 0.05) is 6.42 Å². The first-order valence-electron chi connectivity index (χ1n) is 4.64. The Morgan fingerprint density at radius 2 is 2.27 bits per heavy atom. The van der Waals surface area contributed by atoms with Gasteiger partial charge in [-0.3, -0.25) is 9.18 Å². The Hall–Kier alpha value is -1.58. The lowest BCUT2D eigenvalue weighted by atomic mass is 10.2. The summed E-state index contributed by atoms with van der Waals surface area (Å²) < 4.78 is 22.2. The van der Waals surface area contributed by atoms with E-state index in [1.807, 2.05) is 0 Å². The van der Waals surface area contributed by atoms with Crippen LogP contribution in [0.3, 0.4) is 0 Å². The molecule has 0 radical (unpaired) electrons. The van der Waals surface area contributed by atoms with Crippen LogP contribution in [0, 0.1) is 0 Å². The lowest BCUT2D eigenvalue weighted by Gasteiger charge is -2.11. The Morgan fingerprint density at radius 3 is 2.87 bits per heavy atom. The van der Waals surface area contributed by atoms with Crippen LogP contribution in [0.2, 0.25) is 0 Å². The molecular weight excluding hydrogens is 199 g/mol. The first kappa shape index (κ1) is 11.5. The molecule has 4 heteroatoms. The zero-order valence-corrected chi connectivity index (χ0v) is 8.53. The molecule has 0 atom stereocenters. The second kappa shape index (κ2) is 6.01. The number of rotatable bonds is 6. The minimum absolute atomic E-state index is 0.234. The normalized spacial score (nSPS) is 9.73. The number of aldehydes is 1. The van der Waals surface area contributed by atoms with Crippen LogP contribution in [0.15, 0.2) is 18.2 Å². The summed E-state index contributed by atoms with van der Waals surface area (Å²) in [4.78, 5) is 10.7. The topological polar surface area (TPSA) is 35.5 Å². The molecule has 0 fully saturated rings. The average molecular weight is 212 g/mol. The molecule has 1 aromatic rings. The number of hydrogen-bond acceptors (Lipinski definition) is 3. The van der Waals surface area contributed by atoms with Gasteiger partial charge in [-0.15, -0.1) is 0 Å². The summed E-state index contributed by atoms with van der Waals surface area (Å²) in [7, 11) is 1.49. The maximum Gasteiger partial charge on any atom is 0.171 e. The van der Waals surface area contributed by atoms with E-state index in [0.717, 1.165) is 0 Å². The van der Waals surface area contributed by atoms with Gasteiger partial charge >= 0.3 is 0 Å². The summed E-state index contributed by atoms with van der Waals surface area (Å²) in [5, 5.41) is 0. The van der Waals surface area contributed by atoms with E-state index in [0.29, 0.717) is 29.8 Å². The standard InChI is InChI=1S/C11H13FO3/c1-14-10-5-2-4-9(8-13)11(10)15-7-3-6-12/h2,4-5,8H,3,6-7H2,1H3. The summed E-state index contributed by atoms with van der Waals surface area (Å²) >= 11 is 0. The Balaban J connectivity index is 2.85. The number of hydrogen-bond donors (Lipinski definition) is 0. The van der Waals surface area contributed by atoms with Crippen LogP contribution in [0.4, 0.5) is 4.39 Å². The molecule has 0 aliphatic carbocycles. The molecular formula is C11H13FO3. The lowest BCUT2D eigenvalue weighted by Crippen LogP contribution is -2.02. The zero-order chi connectivity index (χ0) is 11.1. The molecule has 0 heterocycles. The van der Waals surface area contributed by atoms with Crippen LogP contribution in [0.5, 0.6) is 11.5 Å². The lowest BCUT2D eigenvalue weighted by molar-refractivity contribution is 0.111. The van der Waals surface area contributed by atoms with E-state index in [4.69, 9.17) is 9.47 Å². The number of carbonyl (C=O) groups is 1. The number of methoxy groups -OCH3 is 1. The fraction of sp³-hybridized carbons (Fsp3) is 0.364. The highest BCUT2D eigenvalue weighted by atomic mass is 19.1. The molecule has 0 N–H and O–H groups in total. The van der Waals surface area contributed by atoms with Crippen molar-refractivity contribution in [1.29, 1.82) is 0 Å². The van der Waals surface area contributed by atoms with Crippen molar-refractivity contribution in [3.8, 4) is 11.5 Å². The fourth-order valence-electron chi connectivity index (χ4n) is 1.17. The summed E-state index contributed by atoms with van der Waals surface area (Å²) in [5.41, 5.74) is 0.410. The molecule has 1 rings (SSSR count). The number of benzene rings is 1. The van der Waals surface area contributed by atoms with E-state index in [-0.39, 0.29) is 6.61 Å². The third kappa shape index (κ3) is 2.94. The molecule has 0 aliphatic heterocycles. The highest BCUT2D eigenvalue weighted by molar-refractivity contribution is 5.81. The van der Waals surface area contributed by atoms with Gasteiger partial charge in [0.2, 0.25) is 0 Å². The van der Waals surface area contributed by atoms with E-state index < -0.39 is 6.67 Å². The van der Waals surface area contributed by atoms with Gasteiger partial charge in [-0.1, -0.05) is 6.07 Å². The van der Waals surface area contributed by atoms with Gasteiger partial charge in [-0.25, -0.2) is 0 Å². The molecule has 3 nitrogen and oxygen atoms in total. The Labute approximate surface area is 87.8 Å². The number of ether oxygens (including phenoxy) is 2. The van der Waals surface area contributed by atoms with Gasteiger partial charge < -0.3 is 9.47 Å². The third-order valence-corrected chi connectivity index (χ3v) is 1.88. The fourth-order valence-corrected chi connectivity index (χ4v) is 1.17. The van der Waals surface area contributed by atoms with E-state index >= 15 is 0 Å². The van der Waals surface area contributed by atoms with Crippen LogP contribution in [-0.2, 0) is 0 Å². The van der Waals surface area contributed by atoms with Crippen molar-refractivity contribution in [2.45, 2.75) is 6.42 Å². The smallest absolute Gasteiger partial charge is 0.171 e. The van der Waals surface area contributed by atoms with Crippen molar-refractivity contribution in [1.82, 2.24) is 0 Å². The molecule has 1 aromatic carbocycles. The monoisotopic (exact) mass is 212 g/mol. The summed E-state index contributed by atoms with van der Waals surface area (Å²) in [6, 6.07) is 5.02. The minimum Gasteiger partial charge on any atom is -0.493 e. The number of carbonyl (C=O) groups excluding carboxylic acids is 1. The maximum absolute atomic E-state index is 11.9. The summed E-state index contributed by atoms with van der Waals surface area (Å²) in [6.07, 6.45) is 0.990. The van der Waals surface area contributed by atoms with Gasteiger partial charge in [0.05, 0.1) is 26.0 Å². The molecule has 0 amide bonds. The molecule has 0 spiro atoms. The molecule has 0 aromatic heterocycles. The first-order valence-corrected chi connectivity index (χ1v) is 4.64. The molecule has 15 heavy (non-hydrogen) atoms. The molecule has 0 saturated heterocycles. The highest BCUT2D eigenvalue weighted by Gasteiger charge is 2.09. The highest BCUT2D eigenvalue weighted by Crippen LogP contribution is 2.29. The molecule has 0 unspecified atom stereocenters. The number of halogens is 1. The molecule has 0 aliphatic rings. The van der Waals surface area contributed by atoms with Crippen LogP contribution in [-0.4, -0.2) is 26.7 Å². The van der Waals surface area contributed by atoms with E-state index in [1.54, 1.807) is 18.2 Å². The predicted molar refractivity (Wildman–Crippen MR) is 54.5 cm³/mol.